The van der Waals surface area contributed by atoms with E-state index in [2.05, 4.69) is 18.7 Å². The summed E-state index contributed by atoms with van der Waals surface area (Å²) in [6.07, 6.45) is 0.660. The molecule has 1 fully saturated rings. The molecule has 2 aliphatic rings. The average Bonchev–Trinajstić information content (AvgIpc) is 3.33. The van der Waals surface area contributed by atoms with E-state index in [1.807, 2.05) is 31.2 Å². The van der Waals surface area contributed by atoms with Crippen LogP contribution in [0.15, 0.2) is 54.6 Å². The first-order valence-corrected chi connectivity index (χ1v) is 13.0. The van der Waals surface area contributed by atoms with Gasteiger partial charge in [0.15, 0.2) is 11.6 Å². The van der Waals surface area contributed by atoms with E-state index in [-0.39, 0.29) is 10.8 Å². The van der Waals surface area contributed by atoms with Crippen LogP contribution in [0.1, 0.15) is 50.0 Å². The molecule has 3 aromatic rings. The van der Waals surface area contributed by atoms with Gasteiger partial charge >= 0.3 is 0 Å². The molecule has 3 aromatic carbocycles. The Bertz CT molecular complexity index is 1340. The van der Waals surface area contributed by atoms with Gasteiger partial charge in [0.1, 0.15) is 30.0 Å². The standard InChI is InChI=1S/C30H31ClFNO4/c1-17-12-13-33(15-17)18(2)16-36-22-7-4-20(5-8-22)30-27(23-9-10-25(32)29(35)28(23)31)19(3)24-14-21(34)6-11-26(24)37-30/h4-11,14,17-18,30,34-35H,12-13,15-16H2,1-3H3. The monoisotopic (exact) mass is 523 g/mol. The predicted molar refractivity (Wildman–Crippen MR) is 144 cm³/mol. The minimum absolute atomic E-state index is 0.0864. The number of rotatable bonds is 6. The van der Waals surface area contributed by atoms with Gasteiger partial charge in [-0.1, -0.05) is 30.7 Å². The fourth-order valence-electron chi connectivity index (χ4n) is 5.20. The Morgan fingerprint density at radius 3 is 2.57 bits per heavy atom. The third kappa shape index (κ3) is 5.00. The molecule has 0 bridgehead atoms. The number of nitrogens with zero attached hydrogens (tertiary/aromatic N) is 1. The molecule has 2 heterocycles. The van der Waals surface area contributed by atoms with Crippen LogP contribution in [-0.2, 0) is 0 Å². The van der Waals surface area contributed by atoms with Crippen molar-refractivity contribution in [3.05, 3.63) is 82.1 Å². The molecule has 3 atom stereocenters. The Morgan fingerprint density at radius 1 is 1.11 bits per heavy atom. The number of likely N-dealkylation sites (tertiary alicyclic amines) is 1. The van der Waals surface area contributed by atoms with E-state index >= 15 is 0 Å². The van der Waals surface area contributed by atoms with Crippen molar-refractivity contribution in [2.75, 3.05) is 19.7 Å². The number of fused-ring (bicyclic) bond motifs is 1. The number of benzene rings is 3. The van der Waals surface area contributed by atoms with Crippen molar-refractivity contribution >= 4 is 22.7 Å². The van der Waals surface area contributed by atoms with E-state index in [9.17, 15) is 14.6 Å². The zero-order chi connectivity index (χ0) is 26.3. The summed E-state index contributed by atoms with van der Waals surface area (Å²) >= 11 is 6.41. The third-order valence-corrected chi connectivity index (χ3v) is 7.77. The van der Waals surface area contributed by atoms with Gasteiger partial charge in [-0.3, -0.25) is 4.90 Å². The number of phenols is 2. The van der Waals surface area contributed by atoms with Crippen LogP contribution in [0.5, 0.6) is 23.0 Å². The lowest BCUT2D eigenvalue weighted by Crippen LogP contribution is -2.35. The molecular formula is C30H31ClFNO4. The third-order valence-electron chi connectivity index (χ3n) is 7.39. The Balaban J connectivity index is 1.45. The van der Waals surface area contributed by atoms with Crippen LogP contribution in [-0.4, -0.2) is 40.9 Å². The molecule has 1 saturated heterocycles. The Kier molecular flexibility index (Phi) is 7.06. The highest BCUT2D eigenvalue weighted by Crippen LogP contribution is 2.50. The van der Waals surface area contributed by atoms with Gasteiger partial charge < -0.3 is 19.7 Å². The summed E-state index contributed by atoms with van der Waals surface area (Å²) in [6.45, 7) is 9.21. The summed E-state index contributed by atoms with van der Waals surface area (Å²) in [5.41, 5.74) is 3.51. The van der Waals surface area contributed by atoms with E-state index in [0.29, 0.717) is 35.1 Å². The van der Waals surface area contributed by atoms with Crippen molar-refractivity contribution in [1.82, 2.24) is 4.90 Å². The van der Waals surface area contributed by atoms with Crippen LogP contribution >= 0.6 is 11.6 Å². The second-order valence-corrected chi connectivity index (χ2v) is 10.5. The Hall–Kier alpha value is -3.22. The number of hydrogen-bond donors (Lipinski definition) is 2. The normalized spacial score (nSPS) is 20.5. The zero-order valence-corrected chi connectivity index (χ0v) is 21.9. The first kappa shape index (κ1) is 25.4. The van der Waals surface area contributed by atoms with Crippen molar-refractivity contribution in [3.63, 3.8) is 0 Å². The summed E-state index contributed by atoms with van der Waals surface area (Å²) in [5.74, 6) is 0.812. The molecule has 0 aromatic heterocycles. The molecule has 37 heavy (non-hydrogen) atoms. The van der Waals surface area contributed by atoms with Crippen molar-refractivity contribution in [3.8, 4) is 23.0 Å². The van der Waals surface area contributed by atoms with E-state index < -0.39 is 17.7 Å². The fraction of sp³-hybridized carbons (Fsp3) is 0.333. The number of phenolic OH excluding ortho intramolecular Hbond substituents is 2. The summed E-state index contributed by atoms with van der Waals surface area (Å²) in [4.78, 5) is 2.46. The second-order valence-electron chi connectivity index (χ2n) is 10.1. The van der Waals surface area contributed by atoms with Crippen molar-refractivity contribution < 1.29 is 24.1 Å². The Labute approximate surface area is 221 Å². The first-order chi connectivity index (χ1) is 17.7. The van der Waals surface area contributed by atoms with Gasteiger partial charge in [0.05, 0.1) is 5.02 Å². The molecule has 2 aliphatic heterocycles. The fourth-order valence-corrected chi connectivity index (χ4v) is 5.45. The van der Waals surface area contributed by atoms with Crippen molar-refractivity contribution in [2.45, 2.75) is 39.3 Å². The van der Waals surface area contributed by atoms with Crippen LogP contribution in [0.3, 0.4) is 0 Å². The second kappa shape index (κ2) is 10.3. The summed E-state index contributed by atoms with van der Waals surface area (Å²) < 4.78 is 26.5. The maximum atomic E-state index is 14.0. The van der Waals surface area contributed by atoms with E-state index in [1.54, 1.807) is 24.3 Å². The predicted octanol–water partition coefficient (Wildman–Crippen LogP) is 7.06. The number of hydrogen-bond acceptors (Lipinski definition) is 5. The lowest BCUT2D eigenvalue weighted by molar-refractivity contribution is 0.169. The average molecular weight is 524 g/mol. The lowest BCUT2D eigenvalue weighted by Gasteiger charge is -2.31. The lowest BCUT2D eigenvalue weighted by atomic mass is 9.86. The maximum Gasteiger partial charge on any atom is 0.170 e. The number of ether oxygens (including phenoxy) is 2. The van der Waals surface area contributed by atoms with Crippen LogP contribution in [0.2, 0.25) is 5.02 Å². The summed E-state index contributed by atoms with van der Waals surface area (Å²) in [7, 11) is 0. The number of allylic oxidation sites excluding steroid dienone is 1. The van der Waals surface area contributed by atoms with Crippen LogP contribution in [0.25, 0.3) is 11.1 Å². The van der Waals surface area contributed by atoms with Gasteiger partial charge in [-0.2, -0.15) is 0 Å². The highest BCUT2D eigenvalue weighted by Gasteiger charge is 2.32. The maximum absolute atomic E-state index is 14.0. The molecule has 3 unspecified atom stereocenters. The SMILES string of the molecule is CC1=C(c2ccc(F)c(O)c2Cl)C(c2ccc(OCC(C)N3CCC(C)C3)cc2)Oc2ccc(O)cc21. The minimum Gasteiger partial charge on any atom is -0.508 e. The van der Waals surface area contributed by atoms with Gasteiger partial charge in [0.25, 0.3) is 0 Å². The summed E-state index contributed by atoms with van der Waals surface area (Å²) in [5, 5.41) is 20.2. The quantitative estimate of drug-likeness (QED) is 0.362. The first-order valence-electron chi connectivity index (χ1n) is 12.6. The van der Waals surface area contributed by atoms with Gasteiger partial charge in [0.2, 0.25) is 0 Å². The van der Waals surface area contributed by atoms with Gasteiger partial charge in [-0.25, -0.2) is 4.39 Å². The molecule has 2 N–H and O–H groups in total. The zero-order valence-electron chi connectivity index (χ0n) is 21.2. The molecule has 0 radical (unpaired) electrons. The van der Waals surface area contributed by atoms with E-state index in [4.69, 9.17) is 21.1 Å². The molecule has 0 amide bonds. The molecule has 5 rings (SSSR count). The minimum atomic E-state index is -0.794. The van der Waals surface area contributed by atoms with Gasteiger partial charge in [-0.15, -0.1) is 0 Å². The highest BCUT2D eigenvalue weighted by atomic mass is 35.5. The van der Waals surface area contributed by atoms with Crippen molar-refractivity contribution in [1.29, 1.82) is 0 Å². The van der Waals surface area contributed by atoms with Crippen LogP contribution in [0.4, 0.5) is 4.39 Å². The van der Waals surface area contributed by atoms with Crippen LogP contribution < -0.4 is 9.47 Å². The molecule has 0 saturated carbocycles. The van der Waals surface area contributed by atoms with Crippen molar-refractivity contribution in [2.24, 2.45) is 5.92 Å². The molecular weight excluding hydrogens is 493 g/mol. The summed E-state index contributed by atoms with van der Waals surface area (Å²) in [6, 6.07) is 15.7. The molecule has 5 nitrogen and oxygen atoms in total. The topological polar surface area (TPSA) is 62.2 Å². The number of aromatic hydroxyl groups is 2. The van der Waals surface area contributed by atoms with E-state index in [0.717, 1.165) is 35.9 Å². The van der Waals surface area contributed by atoms with Gasteiger partial charge in [-0.05, 0) is 86.3 Å². The molecule has 0 spiro atoms. The van der Waals surface area contributed by atoms with Gasteiger partial charge in [0, 0.05) is 29.3 Å². The van der Waals surface area contributed by atoms with Crippen LogP contribution in [0, 0.1) is 11.7 Å². The van der Waals surface area contributed by atoms with E-state index in [1.165, 1.54) is 12.5 Å². The highest BCUT2D eigenvalue weighted by molar-refractivity contribution is 6.34. The molecule has 194 valence electrons. The largest absolute Gasteiger partial charge is 0.508 e. The molecule has 7 heteroatoms. The number of halogens is 2. The Morgan fingerprint density at radius 2 is 1.86 bits per heavy atom. The smallest absolute Gasteiger partial charge is 0.170 e. The molecule has 0 aliphatic carbocycles.